The van der Waals surface area contributed by atoms with Crippen molar-refractivity contribution in [3.05, 3.63) is 29.8 Å². The van der Waals surface area contributed by atoms with E-state index in [9.17, 15) is 4.79 Å². The Kier molecular flexibility index (Phi) is 4.37. The number of hydrogen-bond acceptors (Lipinski definition) is 2. The molecule has 1 heterocycles. The van der Waals surface area contributed by atoms with Crippen LogP contribution in [0.4, 0.5) is 5.69 Å². The molecule has 1 saturated heterocycles. The fourth-order valence-corrected chi connectivity index (χ4v) is 2.70. The summed E-state index contributed by atoms with van der Waals surface area (Å²) in [5.74, 6) is -0.298. The Morgan fingerprint density at radius 2 is 2.16 bits per heavy atom. The molecule has 102 valence electrons. The monoisotopic (exact) mass is 277 g/mol. The number of hydrogen-bond donors (Lipinski definition) is 2. The number of primary amides is 1. The van der Waals surface area contributed by atoms with E-state index >= 15 is 0 Å². The standard InChI is InChI=1S/C14H19N3OS/c1-10-6-2-3-7-11(10)16-14(19)17-9-5-4-8-12(17)13(15)18/h2-3,6-7,12H,4-5,8-9H2,1H3,(H2,15,18)(H,16,19)/t12-/m1/s1. The number of aryl methyl sites for hydroxylation is 1. The van der Waals surface area contributed by atoms with E-state index in [2.05, 4.69) is 5.32 Å². The number of benzene rings is 1. The van der Waals surface area contributed by atoms with Crippen LogP contribution in [0.25, 0.3) is 0 Å². The highest BCUT2D eigenvalue weighted by Gasteiger charge is 2.28. The molecule has 0 bridgehead atoms. The number of rotatable bonds is 2. The van der Waals surface area contributed by atoms with Crippen molar-refractivity contribution in [2.75, 3.05) is 11.9 Å². The van der Waals surface area contributed by atoms with Gasteiger partial charge in [-0.3, -0.25) is 4.79 Å². The van der Waals surface area contributed by atoms with Gasteiger partial charge in [0.15, 0.2) is 5.11 Å². The first-order valence-corrected chi connectivity index (χ1v) is 6.93. The lowest BCUT2D eigenvalue weighted by Gasteiger charge is -2.35. The molecule has 1 aromatic carbocycles. The number of piperidine rings is 1. The van der Waals surface area contributed by atoms with Gasteiger partial charge < -0.3 is 16.0 Å². The maximum atomic E-state index is 11.5. The van der Waals surface area contributed by atoms with E-state index in [1.165, 1.54) is 0 Å². The Balaban J connectivity index is 2.10. The molecule has 1 aliphatic rings. The zero-order chi connectivity index (χ0) is 13.8. The van der Waals surface area contributed by atoms with Gasteiger partial charge in [-0.25, -0.2) is 0 Å². The van der Waals surface area contributed by atoms with Crippen molar-refractivity contribution in [3.63, 3.8) is 0 Å². The van der Waals surface area contributed by atoms with Gasteiger partial charge in [0.1, 0.15) is 6.04 Å². The predicted octanol–water partition coefficient (Wildman–Crippen LogP) is 2.03. The molecule has 0 spiro atoms. The van der Waals surface area contributed by atoms with Gasteiger partial charge in [0.2, 0.25) is 5.91 Å². The van der Waals surface area contributed by atoms with Gasteiger partial charge in [0, 0.05) is 12.2 Å². The lowest BCUT2D eigenvalue weighted by Crippen LogP contribution is -2.51. The summed E-state index contributed by atoms with van der Waals surface area (Å²) in [6.45, 7) is 2.80. The summed E-state index contributed by atoms with van der Waals surface area (Å²) >= 11 is 5.42. The minimum absolute atomic E-state index is 0.280. The minimum Gasteiger partial charge on any atom is -0.368 e. The number of carbonyl (C=O) groups is 1. The van der Waals surface area contributed by atoms with Crippen LogP contribution < -0.4 is 11.1 Å². The van der Waals surface area contributed by atoms with E-state index in [1.807, 2.05) is 36.1 Å². The number of amides is 1. The topological polar surface area (TPSA) is 58.4 Å². The average Bonchev–Trinajstić information content (AvgIpc) is 2.41. The molecule has 2 rings (SSSR count). The molecular formula is C14H19N3OS. The van der Waals surface area contributed by atoms with Gasteiger partial charge in [-0.05, 0) is 50.0 Å². The van der Waals surface area contributed by atoms with E-state index in [1.54, 1.807) is 0 Å². The van der Waals surface area contributed by atoms with E-state index in [-0.39, 0.29) is 11.9 Å². The molecule has 0 radical (unpaired) electrons. The van der Waals surface area contributed by atoms with Crippen LogP contribution in [0, 0.1) is 6.92 Å². The molecule has 4 nitrogen and oxygen atoms in total. The summed E-state index contributed by atoms with van der Waals surface area (Å²) in [6, 6.07) is 7.66. The van der Waals surface area contributed by atoms with Gasteiger partial charge in [-0.15, -0.1) is 0 Å². The highest BCUT2D eigenvalue weighted by atomic mass is 32.1. The predicted molar refractivity (Wildman–Crippen MR) is 80.9 cm³/mol. The number of anilines is 1. The number of para-hydroxylation sites is 1. The number of nitrogens with zero attached hydrogens (tertiary/aromatic N) is 1. The molecule has 0 saturated carbocycles. The molecule has 0 aliphatic carbocycles. The number of likely N-dealkylation sites (tertiary alicyclic amines) is 1. The summed E-state index contributed by atoms with van der Waals surface area (Å²) in [7, 11) is 0. The van der Waals surface area contributed by atoms with Gasteiger partial charge in [0.05, 0.1) is 0 Å². The molecule has 1 aliphatic heterocycles. The Morgan fingerprint density at radius 1 is 1.42 bits per heavy atom. The number of nitrogens with one attached hydrogen (secondary N) is 1. The second-order valence-corrected chi connectivity index (χ2v) is 5.24. The molecular weight excluding hydrogens is 258 g/mol. The molecule has 1 amide bonds. The average molecular weight is 277 g/mol. The van der Waals surface area contributed by atoms with Crippen LogP contribution in [0.15, 0.2) is 24.3 Å². The smallest absolute Gasteiger partial charge is 0.240 e. The van der Waals surface area contributed by atoms with Crippen LogP contribution >= 0.6 is 12.2 Å². The molecule has 1 fully saturated rings. The van der Waals surface area contributed by atoms with E-state index in [0.29, 0.717) is 5.11 Å². The fraction of sp³-hybridized carbons (Fsp3) is 0.429. The third-order valence-corrected chi connectivity index (χ3v) is 3.82. The first-order chi connectivity index (χ1) is 9.09. The Hall–Kier alpha value is -1.62. The summed E-state index contributed by atoms with van der Waals surface area (Å²) in [5, 5.41) is 3.80. The second kappa shape index (κ2) is 6.02. The van der Waals surface area contributed by atoms with E-state index in [4.69, 9.17) is 18.0 Å². The van der Waals surface area contributed by atoms with Crippen molar-refractivity contribution in [2.24, 2.45) is 5.73 Å². The molecule has 1 atom stereocenters. The van der Waals surface area contributed by atoms with Crippen molar-refractivity contribution in [3.8, 4) is 0 Å². The van der Waals surface area contributed by atoms with Crippen molar-refractivity contribution >= 4 is 28.9 Å². The molecule has 0 unspecified atom stereocenters. The minimum atomic E-state index is -0.298. The van der Waals surface area contributed by atoms with Crippen LogP contribution in [0.1, 0.15) is 24.8 Å². The van der Waals surface area contributed by atoms with Crippen LogP contribution in [0.2, 0.25) is 0 Å². The van der Waals surface area contributed by atoms with Crippen LogP contribution in [-0.2, 0) is 4.79 Å². The van der Waals surface area contributed by atoms with Crippen LogP contribution in [-0.4, -0.2) is 28.5 Å². The van der Waals surface area contributed by atoms with Crippen LogP contribution in [0.3, 0.4) is 0 Å². The first-order valence-electron chi connectivity index (χ1n) is 6.52. The summed E-state index contributed by atoms with van der Waals surface area (Å²) in [6.07, 6.45) is 2.85. The highest BCUT2D eigenvalue weighted by Crippen LogP contribution is 2.20. The van der Waals surface area contributed by atoms with Gasteiger partial charge in [-0.2, -0.15) is 0 Å². The zero-order valence-electron chi connectivity index (χ0n) is 11.1. The summed E-state index contributed by atoms with van der Waals surface area (Å²) < 4.78 is 0. The van der Waals surface area contributed by atoms with Gasteiger partial charge in [-0.1, -0.05) is 18.2 Å². The first kappa shape index (κ1) is 13.8. The Bertz CT molecular complexity index is 489. The summed E-state index contributed by atoms with van der Waals surface area (Å²) in [5.41, 5.74) is 7.55. The third kappa shape index (κ3) is 3.23. The fourth-order valence-electron chi connectivity index (χ4n) is 2.37. The zero-order valence-corrected chi connectivity index (χ0v) is 11.9. The largest absolute Gasteiger partial charge is 0.368 e. The molecule has 0 aromatic heterocycles. The molecule has 5 heteroatoms. The lowest BCUT2D eigenvalue weighted by atomic mass is 10.0. The second-order valence-electron chi connectivity index (χ2n) is 4.85. The van der Waals surface area contributed by atoms with Crippen molar-refractivity contribution in [1.82, 2.24) is 4.90 Å². The number of thiocarbonyl (C=S) groups is 1. The van der Waals surface area contributed by atoms with E-state index in [0.717, 1.165) is 37.1 Å². The van der Waals surface area contributed by atoms with Gasteiger partial charge >= 0.3 is 0 Å². The van der Waals surface area contributed by atoms with Gasteiger partial charge in [0.25, 0.3) is 0 Å². The van der Waals surface area contributed by atoms with E-state index < -0.39 is 0 Å². The maximum absolute atomic E-state index is 11.5. The quantitative estimate of drug-likeness (QED) is 0.812. The Labute approximate surface area is 119 Å². The SMILES string of the molecule is Cc1ccccc1NC(=S)N1CCCC[C@@H]1C(N)=O. The third-order valence-electron chi connectivity index (χ3n) is 3.48. The Morgan fingerprint density at radius 3 is 2.84 bits per heavy atom. The lowest BCUT2D eigenvalue weighted by molar-refractivity contribution is -0.122. The molecule has 3 N–H and O–H groups in total. The van der Waals surface area contributed by atoms with Crippen molar-refractivity contribution in [2.45, 2.75) is 32.2 Å². The normalized spacial score (nSPS) is 19.0. The maximum Gasteiger partial charge on any atom is 0.240 e. The summed E-state index contributed by atoms with van der Waals surface area (Å²) in [4.78, 5) is 13.4. The number of carbonyl (C=O) groups excluding carboxylic acids is 1. The van der Waals surface area contributed by atoms with Crippen molar-refractivity contribution in [1.29, 1.82) is 0 Å². The highest BCUT2D eigenvalue weighted by molar-refractivity contribution is 7.80. The number of nitrogens with two attached hydrogens (primary N) is 1. The van der Waals surface area contributed by atoms with Crippen molar-refractivity contribution < 1.29 is 4.79 Å². The molecule has 19 heavy (non-hydrogen) atoms. The van der Waals surface area contributed by atoms with Crippen LogP contribution in [0.5, 0.6) is 0 Å². The molecule has 1 aromatic rings.